The van der Waals surface area contributed by atoms with Crippen LogP contribution in [0.3, 0.4) is 0 Å². The van der Waals surface area contributed by atoms with Crippen molar-refractivity contribution in [1.29, 1.82) is 0 Å². The minimum atomic E-state index is -2.13. The summed E-state index contributed by atoms with van der Waals surface area (Å²) in [6.45, 7) is 1.48. The Hall–Kier alpha value is -6.79. The molecule has 24 heteroatoms. The number of nitrogens with one attached hydrogen (secondary N) is 2. The van der Waals surface area contributed by atoms with E-state index >= 15 is 0 Å². The van der Waals surface area contributed by atoms with Gasteiger partial charge in [0.2, 0.25) is 16.5 Å². The number of rotatable bonds is 15. The molecular weight excluding hydrogens is 823 g/mol. The number of thioether (sulfide) groups is 2. The van der Waals surface area contributed by atoms with Gasteiger partial charge in [-0.25, -0.2) is 14.3 Å². The standard InChI is InChI=1S/C35H31N7O15S2/c1-15(43)56-23-9-20-22(10-24(23)57-16(2)44)55-11-21(28(20)47)29(48)36-26(17-5-7-19(8-6-17)54-12-25(45)46)30(49)37-35(53-4)32(52)42-27(31(50)51)18(13-58-33(35)42)14-59-34-38-39-40-41(34)3/h5-11,26,33H,12-14H2,1-4H3,(H,36,48)(H,37,49)(H,45,46)(H,50,51)/t26?,33-,35-/m0/s1. The Kier molecular flexibility index (Phi) is 12.0. The molecule has 0 spiro atoms. The third-order valence-corrected chi connectivity index (χ3v) is 11.1. The molecule has 1 fully saturated rings. The summed E-state index contributed by atoms with van der Waals surface area (Å²) in [6, 6.07) is 5.70. The van der Waals surface area contributed by atoms with Crippen molar-refractivity contribution in [2.45, 2.75) is 36.1 Å². The highest BCUT2D eigenvalue weighted by Gasteiger charge is 2.67. The van der Waals surface area contributed by atoms with Crippen LogP contribution in [0.5, 0.6) is 17.2 Å². The molecule has 0 radical (unpaired) electrons. The summed E-state index contributed by atoms with van der Waals surface area (Å²) < 4.78 is 27.9. The largest absolute Gasteiger partial charge is 0.482 e. The fourth-order valence-electron chi connectivity index (χ4n) is 5.98. The number of carbonyl (C=O) groups is 7. The average Bonchev–Trinajstić information content (AvgIpc) is 3.61. The van der Waals surface area contributed by atoms with E-state index in [4.69, 9.17) is 28.5 Å². The van der Waals surface area contributed by atoms with Gasteiger partial charge in [-0.3, -0.25) is 33.7 Å². The number of carbonyl (C=O) groups excluding carboxylic acids is 5. The number of ether oxygens (including phenoxy) is 4. The molecule has 0 aliphatic carbocycles. The number of hydrogen-bond acceptors (Lipinski definition) is 18. The quantitative estimate of drug-likeness (QED) is 0.0419. The number of esters is 2. The number of tetrazole rings is 1. The van der Waals surface area contributed by atoms with E-state index in [-0.39, 0.29) is 51.0 Å². The predicted octanol–water partition coefficient (Wildman–Crippen LogP) is 0.607. The summed E-state index contributed by atoms with van der Waals surface area (Å²) in [6.07, 6.45) is 0.792. The number of carboxylic acids is 2. The average molecular weight is 854 g/mol. The second-order valence-corrected chi connectivity index (χ2v) is 14.5. The Labute approximate surface area is 339 Å². The van der Waals surface area contributed by atoms with Gasteiger partial charge >= 0.3 is 23.9 Å². The first kappa shape index (κ1) is 41.8. The summed E-state index contributed by atoms with van der Waals surface area (Å²) in [5, 5.41) is 34.4. The maximum absolute atomic E-state index is 14.3. The summed E-state index contributed by atoms with van der Waals surface area (Å²) >= 11 is 2.26. The van der Waals surface area contributed by atoms with E-state index in [0.717, 1.165) is 67.8 Å². The van der Waals surface area contributed by atoms with E-state index in [0.29, 0.717) is 10.7 Å². The van der Waals surface area contributed by atoms with E-state index in [1.807, 2.05) is 0 Å². The van der Waals surface area contributed by atoms with Crippen molar-refractivity contribution in [2.24, 2.45) is 7.05 Å². The van der Waals surface area contributed by atoms with Crippen LogP contribution in [0, 0.1) is 0 Å². The minimum absolute atomic E-state index is 0.0572. The summed E-state index contributed by atoms with van der Waals surface area (Å²) in [5.41, 5.74) is -3.74. The molecule has 2 aromatic heterocycles. The maximum Gasteiger partial charge on any atom is 0.352 e. The van der Waals surface area contributed by atoms with Gasteiger partial charge in [0.1, 0.15) is 40.3 Å². The van der Waals surface area contributed by atoms with Crippen molar-refractivity contribution in [1.82, 2.24) is 35.7 Å². The third kappa shape index (κ3) is 8.44. The second kappa shape index (κ2) is 17.0. The molecule has 4 heterocycles. The molecule has 3 atom stereocenters. The van der Waals surface area contributed by atoms with E-state index in [9.17, 15) is 43.5 Å². The SMILES string of the molecule is CO[C@@]1(NC(=O)C(NC(=O)c2coc3cc(OC(C)=O)c(OC(C)=O)cc3c2=O)c2ccc(OCC(=O)O)cc2)C(=O)N2C(C(=O)O)=C(CSc3nnnn3C)CS[C@H]21. The molecule has 2 aromatic carbocycles. The number of β-lactam (4-membered cyclic amide) rings is 1. The molecule has 4 N–H and O–H groups in total. The molecule has 59 heavy (non-hydrogen) atoms. The molecule has 6 rings (SSSR count). The van der Waals surface area contributed by atoms with Crippen molar-refractivity contribution in [2.75, 3.05) is 25.2 Å². The maximum atomic E-state index is 14.3. The Balaban J connectivity index is 1.31. The number of carboxylic acid groups (broad SMARTS) is 2. The summed E-state index contributed by atoms with van der Waals surface area (Å²) in [4.78, 5) is 104. The first-order valence-corrected chi connectivity index (χ1v) is 18.9. The topological polar surface area (TPSA) is 298 Å². The van der Waals surface area contributed by atoms with E-state index < -0.39 is 76.3 Å². The van der Waals surface area contributed by atoms with Gasteiger partial charge in [0.05, 0.1) is 5.39 Å². The first-order valence-electron chi connectivity index (χ1n) is 16.9. The third-order valence-electron chi connectivity index (χ3n) is 8.60. The number of nitrogens with zero attached hydrogens (tertiary/aromatic N) is 5. The highest BCUT2D eigenvalue weighted by molar-refractivity contribution is 8.01. The zero-order valence-electron chi connectivity index (χ0n) is 31.1. The molecule has 2 aliphatic heterocycles. The molecule has 1 saturated heterocycles. The van der Waals surface area contributed by atoms with Crippen molar-refractivity contribution >= 4 is 76.1 Å². The fraction of sp³-hybridized carbons (Fsp3) is 0.286. The molecule has 0 bridgehead atoms. The number of aromatic nitrogens is 4. The van der Waals surface area contributed by atoms with Crippen LogP contribution in [-0.2, 0) is 40.6 Å². The van der Waals surface area contributed by atoms with Crippen molar-refractivity contribution in [3.63, 3.8) is 0 Å². The minimum Gasteiger partial charge on any atom is -0.482 e. The van der Waals surface area contributed by atoms with E-state index in [1.165, 1.54) is 28.9 Å². The van der Waals surface area contributed by atoms with Crippen LogP contribution in [-0.4, -0.2) is 113 Å². The number of aryl methyl sites for hydroxylation is 1. The summed E-state index contributed by atoms with van der Waals surface area (Å²) in [7, 11) is 2.74. The van der Waals surface area contributed by atoms with Crippen molar-refractivity contribution < 1.29 is 67.1 Å². The molecule has 2 aliphatic rings. The van der Waals surface area contributed by atoms with Crippen LogP contribution in [0.25, 0.3) is 11.0 Å². The van der Waals surface area contributed by atoms with Crippen molar-refractivity contribution in [3.05, 3.63) is 75.3 Å². The second-order valence-electron chi connectivity index (χ2n) is 12.5. The highest BCUT2D eigenvalue weighted by Crippen LogP contribution is 2.47. The molecule has 1 unspecified atom stereocenters. The number of fused-ring (bicyclic) bond motifs is 2. The Morgan fingerprint density at radius 3 is 2.32 bits per heavy atom. The Morgan fingerprint density at radius 1 is 1.05 bits per heavy atom. The van der Waals surface area contributed by atoms with Crippen LogP contribution < -0.4 is 30.3 Å². The molecule has 308 valence electrons. The number of aliphatic carboxylic acids is 2. The van der Waals surface area contributed by atoms with E-state index in [2.05, 4.69) is 26.2 Å². The smallest absolute Gasteiger partial charge is 0.352 e. The lowest BCUT2D eigenvalue weighted by Crippen LogP contribution is -2.81. The van der Waals surface area contributed by atoms with Gasteiger partial charge in [0.15, 0.2) is 18.1 Å². The van der Waals surface area contributed by atoms with Gasteiger partial charge in [-0.1, -0.05) is 23.9 Å². The normalized spacial score (nSPS) is 17.7. The predicted molar refractivity (Wildman–Crippen MR) is 200 cm³/mol. The van der Waals surface area contributed by atoms with Gasteiger partial charge in [-0.05, 0) is 39.8 Å². The lowest BCUT2D eigenvalue weighted by molar-refractivity contribution is -0.192. The molecular formula is C35H31N7O15S2. The monoisotopic (exact) mass is 853 g/mol. The van der Waals surface area contributed by atoms with Crippen LogP contribution >= 0.6 is 23.5 Å². The van der Waals surface area contributed by atoms with Crippen LogP contribution in [0.4, 0.5) is 0 Å². The number of hydrogen-bond donors (Lipinski definition) is 4. The van der Waals surface area contributed by atoms with Gasteiger partial charge in [0, 0.05) is 45.6 Å². The summed E-state index contributed by atoms with van der Waals surface area (Å²) in [5.74, 6) is -7.64. The fourth-order valence-corrected chi connectivity index (χ4v) is 8.41. The van der Waals surface area contributed by atoms with Gasteiger partial charge in [-0.2, -0.15) is 0 Å². The van der Waals surface area contributed by atoms with Crippen LogP contribution in [0.15, 0.2) is 68.3 Å². The van der Waals surface area contributed by atoms with Gasteiger partial charge in [0.25, 0.3) is 17.5 Å². The number of benzene rings is 2. The van der Waals surface area contributed by atoms with Crippen LogP contribution in [0.1, 0.15) is 35.8 Å². The number of amides is 3. The molecule has 3 amide bonds. The number of methoxy groups -OCH3 is 1. The zero-order chi connectivity index (χ0) is 42.8. The lowest BCUT2D eigenvalue weighted by atomic mass is 9.96. The molecule has 0 saturated carbocycles. The van der Waals surface area contributed by atoms with Crippen LogP contribution in [0.2, 0.25) is 0 Å². The van der Waals surface area contributed by atoms with Gasteiger partial charge in [-0.15, -0.1) is 16.9 Å². The first-order chi connectivity index (χ1) is 28.0. The Bertz CT molecular complexity index is 2500. The lowest BCUT2D eigenvalue weighted by Gasteiger charge is -2.56. The molecule has 4 aromatic rings. The van der Waals surface area contributed by atoms with Crippen molar-refractivity contribution in [3.8, 4) is 17.2 Å². The molecule has 22 nitrogen and oxygen atoms in total. The van der Waals surface area contributed by atoms with Gasteiger partial charge < -0.3 is 44.2 Å². The zero-order valence-corrected chi connectivity index (χ0v) is 32.7. The van der Waals surface area contributed by atoms with E-state index in [1.54, 1.807) is 7.05 Å². The Morgan fingerprint density at radius 2 is 1.73 bits per heavy atom. The highest BCUT2D eigenvalue weighted by atomic mass is 32.2.